The van der Waals surface area contributed by atoms with Gasteiger partial charge in [0.25, 0.3) is 0 Å². The van der Waals surface area contributed by atoms with Gasteiger partial charge in [-0.2, -0.15) is 0 Å². The number of nitrogen functional groups attached to an aromatic ring is 1. The van der Waals surface area contributed by atoms with Crippen LogP contribution in [0.4, 0.5) is 17.1 Å². The Kier molecular flexibility index (Phi) is 2.79. The minimum atomic E-state index is 0.686. The van der Waals surface area contributed by atoms with Crippen molar-refractivity contribution in [2.24, 2.45) is 5.84 Å². The van der Waals surface area contributed by atoms with Crippen molar-refractivity contribution >= 4 is 17.1 Å². The zero-order valence-corrected chi connectivity index (χ0v) is 9.22. The summed E-state index contributed by atoms with van der Waals surface area (Å²) in [4.78, 5) is 0. The highest BCUT2D eigenvalue weighted by molar-refractivity contribution is 5.74. The van der Waals surface area contributed by atoms with Gasteiger partial charge < -0.3 is 5.73 Å². The van der Waals surface area contributed by atoms with E-state index in [4.69, 9.17) is 11.6 Å². The van der Waals surface area contributed by atoms with E-state index in [0.29, 0.717) is 5.69 Å². The summed E-state index contributed by atoms with van der Waals surface area (Å²) in [6.45, 7) is 2.00. The summed E-state index contributed by atoms with van der Waals surface area (Å²) in [5.74, 6) is 6.02. The Hall–Kier alpha value is -2.00. The van der Waals surface area contributed by atoms with Crippen LogP contribution in [0.1, 0.15) is 5.56 Å². The molecule has 0 fully saturated rings. The zero-order valence-electron chi connectivity index (χ0n) is 9.22. The molecule has 4 N–H and O–H groups in total. The fourth-order valence-corrected chi connectivity index (χ4v) is 1.62. The van der Waals surface area contributed by atoms with E-state index in [-0.39, 0.29) is 0 Å². The number of aryl methyl sites for hydroxylation is 1. The van der Waals surface area contributed by atoms with E-state index >= 15 is 0 Å². The average Bonchev–Trinajstić information content (AvgIpc) is 2.29. The number of hydrogen-bond donors (Lipinski definition) is 2. The van der Waals surface area contributed by atoms with E-state index in [1.165, 1.54) is 0 Å². The summed E-state index contributed by atoms with van der Waals surface area (Å²) in [6, 6.07) is 15.6. The Morgan fingerprint density at radius 2 is 1.69 bits per heavy atom. The third kappa shape index (κ3) is 1.99. The van der Waals surface area contributed by atoms with Gasteiger partial charge in [-0.15, -0.1) is 0 Å². The van der Waals surface area contributed by atoms with E-state index in [2.05, 4.69) is 0 Å². The van der Waals surface area contributed by atoms with Crippen LogP contribution in [0.2, 0.25) is 0 Å². The Balaban J connectivity index is 2.38. The van der Waals surface area contributed by atoms with Gasteiger partial charge >= 0.3 is 0 Å². The maximum Gasteiger partial charge on any atom is 0.0804 e. The number of hydrazine groups is 1. The standard InChI is InChI=1S/C13H15N3/c1-10-7-8-13(12(14)9-10)16(15)11-5-3-2-4-6-11/h2-9H,14-15H2,1H3. The lowest BCUT2D eigenvalue weighted by Crippen LogP contribution is -2.25. The predicted octanol–water partition coefficient (Wildman–Crippen LogP) is 2.59. The molecule has 0 atom stereocenters. The van der Waals surface area contributed by atoms with Crippen LogP contribution in [0, 0.1) is 6.92 Å². The molecule has 2 aromatic rings. The molecule has 0 saturated heterocycles. The Morgan fingerprint density at radius 3 is 2.31 bits per heavy atom. The second-order valence-electron chi connectivity index (χ2n) is 3.77. The molecule has 2 rings (SSSR count). The van der Waals surface area contributed by atoms with Crippen LogP contribution in [0.15, 0.2) is 48.5 Å². The predicted molar refractivity (Wildman–Crippen MR) is 68.4 cm³/mol. The van der Waals surface area contributed by atoms with Crippen LogP contribution in [0.5, 0.6) is 0 Å². The zero-order chi connectivity index (χ0) is 11.5. The van der Waals surface area contributed by atoms with Crippen molar-refractivity contribution in [2.45, 2.75) is 6.92 Å². The molecule has 3 heteroatoms. The number of anilines is 3. The van der Waals surface area contributed by atoms with Gasteiger partial charge in [0.2, 0.25) is 0 Å². The van der Waals surface area contributed by atoms with Gasteiger partial charge in [0.15, 0.2) is 0 Å². The highest BCUT2D eigenvalue weighted by atomic mass is 15.4. The van der Waals surface area contributed by atoms with Crippen LogP contribution in [0.3, 0.4) is 0 Å². The molecule has 0 radical (unpaired) electrons. The number of para-hydroxylation sites is 1. The molecular formula is C13H15N3. The van der Waals surface area contributed by atoms with Gasteiger partial charge in [0, 0.05) is 0 Å². The SMILES string of the molecule is Cc1ccc(N(N)c2ccccc2)c(N)c1. The van der Waals surface area contributed by atoms with Crippen molar-refractivity contribution in [1.82, 2.24) is 0 Å². The van der Waals surface area contributed by atoms with Gasteiger partial charge in [0.05, 0.1) is 17.1 Å². The summed E-state index contributed by atoms with van der Waals surface area (Å²) in [6.07, 6.45) is 0. The highest BCUT2D eigenvalue weighted by Crippen LogP contribution is 2.27. The second kappa shape index (κ2) is 4.24. The van der Waals surface area contributed by atoms with Crippen molar-refractivity contribution in [3.63, 3.8) is 0 Å². The van der Waals surface area contributed by atoms with Gasteiger partial charge in [-0.25, -0.2) is 5.84 Å². The van der Waals surface area contributed by atoms with Gasteiger partial charge in [0.1, 0.15) is 0 Å². The molecule has 0 amide bonds. The highest BCUT2D eigenvalue weighted by Gasteiger charge is 2.07. The van der Waals surface area contributed by atoms with Crippen LogP contribution in [-0.4, -0.2) is 0 Å². The fourth-order valence-electron chi connectivity index (χ4n) is 1.62. The third-order valence-corrected chi connectivity index (χ3v) is 2.48. The minimum Gasteiger partial charge on any atom is -0.397 e. The van der Waals surface area contributed by atoms with Crippen LogP contribution < -0.4 is 16.6 Å². The molecule has 0 aliphatic rings. The maximum absolute atomic E-state index is 6.02. The molecule has 0 bridgehead atoms. The molecule has 16 heavy (non-hydrogen) atoms. The van der Waals surface area contributed by atoms with Crippen molar-refractivity contribution in [3.05, 3.63) is 54.1 Å². The number of benzene rings is 2. The summed E-state index contributed by atoms with van der Waals surface area (Å²) in [7, 11) is 0. The van der Waals surface area contributed by atoms with E-state index in [1.807, 2.05) is 55.5 Å². The molecule has 0 saturated carbocycles. The number of nitrogens with two attached hydrogens (primary N) is 2. The summed E-state index contributed by atoms with van der Waals surface area (Å²) in [5.41, 5.74) is 9.48. The molecule has 3 nitrogen and oxygen atoms in total. The molecule has 0 aromatic heterocycles. The smallest absolute Gasteiger partial charge is 0.0804 e. The third-order valence-electron chi connectivity index (χ3n) is 2.48. The van der Waals surface area contributed by atoms with Crippen molar-refractivity contribution in [1.29, 1.82) is 0 Å². The lowest BCUT2D eigenvalue weighted by Gasteiger charge is -2.20. The minimum absolute atomic E-state index is 0.686. The van der Waals surface area contributed by atoms with E-state index in [0.717, 1.165) is 16.9 Å². The maximum atomic E-state index is 6.02. The summed E-state index contributed by atoms with van der Waals surface area (Å²) < 4.78 is 0. The monoisotopic (exact) mass is 213 g/mol. The number of hydrogen-bond acceptors (Lipinski definition) is 3. The topological polar surface area (TPSA) is 55.3 Å². The average molecular weight is 213 g/mol. The Labute approximate surface area is 95.3 Å². The lowest BCUT2D eigenvalue weighted by molar-refractivity contribution is 1.09. The molecule has 2 aromatic carbocycles. The van der Waals surface area contributed by atoms with Crippen molar-refractivity contribution in [3.8, 4) is 0 Å². The van der Waals surface area contributed by atoms with Gasteiger partial charge in [-0.3, -0.25) is 5.01 Å². The first-order valence-corrected chi connectivity index (χ1v) is 5.14. The van der Waals surface area contributed by atoms with E-state index in [1.54, 1.807) is 5.01 Å². The van der Waals surface area contributed by atoms with Crippen molar-refractivity contribution < 1.29 is 0 Å². The molecular weight excluding hydrogens is 198 g/mol. The Morgan fingerprint density at radius 1 is 1.00 bits per heavy atom. The first kappa shape index (κ1) is 10.5. The second-order valence-corrected chi connectivity index (χ2v) is 3.77. The fraction of sp³-hybridized carbons (Fsp3) is 0.0769. The van der Waals surface area contributed by atoms with E-state index in [9.17, 15) is 0 Å². The quantitative estimate of drug-likeness (QED) is 0.458. The first-order valence-electron chi connectivity index (χ1n) is 5.14. The summed E-state index contributed by atoms with van der Waals surface area (Å²) >= 11 is 0. The van der Waals surface area contributed by atoms with Gasteiger partial charge in [-0.1, -0.05) is 24.3 Å². The molecule has 0 heterocycles. The Bertz CT molecular complexity index is 480. The normalized spacial score (nSPS) is 10.1. The molecule has 0 aliphatic heterocycles. The van der Waals surface area contributed by atoms with Gasteiger partial charge in [-0.05, 0) is 36.8 Å². The lowest BCUT2D eigenvalue weighted by atomic mass is 10.2. The molecule has 0 aliphatic carbocycles. The van der Waals surface area contributed by atoms with E-state index < -0.39 is 0 Å². The largest absolute Gasteiger partial charge is 0.397 e. The first-order chi connectivity index (χ1) is 7.68. The number of nitrogens with zero attached hydrogens (tertiary/aromatic N) is 1. The number of rotatable bonds is 2. The van der Waals surface area contributed by atoms with Crippen LogP contribution in [-0.2, 0) is 0 Å². The van der Waals surface area contributed by atoms with Crippen LogP contribution in [0.25, 0.3) is 0 Å². The molecule has 82 valence electrons. The molecule has 0 spiro atoms. The summed E-state index contributed by atoms with van der Waals surface area (Å²) in [5, 5.41) is 1.59. The molecule has 0 unspecified atom stereocenters. The van der Waals surface area contributed by atoms with Crippen molar-refractivity contribution in [2.75, 3.05) is 10.7 Å². The van der Waals surface area contributed by atoms with Crippen LogP contribution >= 0.6 is 0 Å².